The standard InChI is InChI=1S/C23H34F6O2Si2/c1-19(2,3)32(7,8)30-15-11-13-17-18(22(26,27)23(28,29)21(17,24)25)14-12-16-31-33(9,10)20(4,5)6/h15-16H2,1-10H3. The van der Waals surface area contributed by atoms with Crippen LogP contribution < -0.4 is 0 Å². The molecule has 0 aromatic heterocycles. The molecule has 0 N–H and O–H groups in total. The summed E-state index contributed by atoms with van der Waals surface area (Å²) in [6.45, 7) is 18.5. The van der Waals surface area contributed by atoms with Gasteiger partial charge in [0.2, 0.25) is 0 Å². The summed E-state index contributed by atoms with van der Waals surface area (Å²) in [5.41, 5.74) is -3.34. The SMILES string of the molecule is CC(C)(C)[Si](C)(C)OCC#CC1=C(C#CCO[Si](C)(C)C(C)(C)C)C(F)(F)C(F)(F)C1(F)F. The van der Waals surface area contributed by atoms with E-state index in [1.165, 1.54) is 0 Å². The van der Waals surface area contributed by atoms with Crippen LogP contribution in [0.5, 0.6) is 0 Å². The van der Waals surface area contributed by atoms with Gasteiger partial charge >= 0.3 is 17.8 Å². The van der Waals surface area contributed by atoms with Crippen molar-refractivity contribution in [3.8, 4) is 23.7 Å². The van der Waals surface area contributed by atoms with Crippen LogP contribution in [0.25, 0.3) is 0 Å². The Morgan fingerprint density at radius 3 is 1.15 bits per heavy atom. The summed E-state index contributed by atoms with van der Waals surface area (Å²) in [5.74, 6) is -7.89. The zero-order valence-corrected chi connectivity index (χ0v) is 23.0. The van der Waals surface area contributed by atoms with Crippen molar-refractivity contribution in [2.45, 2.75) is 95.6 Å². The lowest BCUT2D eigenvalue weighted by atomic mass is 10.1. The first-order chi connectivity index (χ1) is 14.4. The topological polar surface area (TPSA) is 18.5 Å². The van der Waals surface area contributed by atoms with E-state index in [0.717, 1.165) is 0 Å². The highest BCUT2D eigenvalue weighted by Gasteiger charge is 2.80. The van der Waals surface area contributed by atoms with Crippen molar-refractivity contribution in [2.75, 3.05) is 13.2 Å². The third kappa shape index (κ3) is 5.72. The van der Waals surface area contributed by atoms with E-state index >= 15 is 0 Å². The molecule has 0 atom stereocenters. The predicted octanol–water partition coefficient (Wildman–Crippen LogP) is 7.25. The Bertz CT molecular complexity index is 830. The van der Waals surface area contributed by atoms with Gasteiger partial charge in [0.25, 0.3) is 0 Å². The number of hydrogen-bond acceptors (Lipinski definition) is 2. The maximum Gasteiger partial charge on any atom is 0.382 e. The Balaban J connectivity index is 3.31. The van der Waals surface area contributed by atoms with Crippen LogP contribution in [0, 0.1) is 23.7 Å². The molecule has 0 bridgehead atoms. The first-order valence-corrected chi connectivity index (χ1v) is 16.4. The van der Waals surface area contributed by atoms with E-state index in [1.807, 2.05) is 79.6 Å². The molecule has 0 aliphatic heterocycles. The predicted molar refractivity (Wildman–Crippen MR) is 124 cm³/mol. The quantitative estimate of drug-likeness (QED) is 0.224. The fourth-order valence-electron chi connectivity index (χ4n) is 2.22. The van der Waals surface area contributed by atoms with Crippen molar-refractivity contribution in [1.29, 1.82) is 0 Å². The summed E-state index contributed by atoms with van der Waals surface area (Å²) in [7, 11) is -4.59. The molecule has 0 aromatic carbocycles. The molecule has 0 saturated carbocycles. The van der Waals surface area contributed by atoms with Crippen LogP contribution in [0.4, 0.5) is 26.3 Å². The van der Waals surface area contributed by atoms with Gasteiger partial charge in [0.1, 0.15) is 0 Å². The smallest absolute Gasteiger partial charge is 0.382 e. The van der Waals surface area contributed by atoms with Crippen LogP contribution in [0.2, 0.25) is 36.3 Å². The van der Waals surface area contributed by atoms with Crippen LogP contribution in [0.15, 0.2) is 11.1 Å². The van der Waals surface area contributed by atoms with Crippen LogP contribution in [0.3, 0.4) is 0 Å². The third-order valence-corrected chi connectivity index (χ3v) is 15.7. The Hall–Kier alpha value is -1.21. The average Bonchev–Trinajstić information content (AvgIpc) is 2.68. The van der Waals surface area contributed by atoms with Crippen molar-refractivity contribution in [1.82, 2.24) is 0 Å². The molecule has 0 aromatic rings. The second-order valence-electron chi connectivity index (χ2n) is 11.2. The Morgan fingerprint density at radius 2 is 0.909 bits per heavy atom. The lowest BCUT2D eigenvalue weighted by molar-refractivity contribution is -0.263. The Morgan fingerprint density at radius 1 is 0.636 bits per heavy atom. The van der Waals surface area contributed by atoms with E-state index < -0.39 is 45.5 Å². The summed E-state index contributed by atoms with van der Waals surface area (Å²) in [6, 6.07) is 0. The number of rotatable bonds is 4. The van der Waals surface area contributed by atoms with Crippen LogP contribution in [0.1, 0.15) is 41.5 Å². The van der Waals surface area contributed by atoms with Crippen LogP contribution >= 0.6 is 0 Å². The molecule has 188 valence electrons. The molecule has 0 amide bonds. The van der Waals surface area contributed by atoms with Crippen molar-refractivity contribution >= 4 is 16.6 Å². The van der Waals surface area contributed by atoms with Gasteiger partial charge in [-0.3, -0.25) is 0 Å². The minimum Gasteiger partial charge on any atom is -0.406 e. The number of alkyl halides is 6. The molecule has 1 aliphatic carbocycles. The van der Waals surface area contributed by atoms with Gasteiger partial charge in [0.15, 0.2) is 16.6 Å². The minimum atomic E-state index is -5.64. The molecule has 1 aliphatic rings. The second kappa shape index (κ2) is 9.10. The molecule has 33 heavy (non-hydrogen) atoms. The number of allylic oxidation sites excluding steroid dienone is 2. The first-order valence-electron chi connectivity index (χ1n) is 10.6. The average molecular weight is 513 g/mol. The Kier molecular flexibility index (Phi) is 8.23. The van der Waals surface area contributed by atoms with Gasteiger partial charge in [-0.1, -0.05) is 65.2 Å². The normalized spacial score (nSPS) is 20.1. The van der Waals surface area contributed by atoms with Crippen molar-refractivity contribution in [2.24, 2.45) is 0 Å². The summed E-state index contributed by atoms with van der Waals surface area (Å²) in [4.78, 5) is 0. The highest BCUT2D eigenvalue weighted by molar-refractivity contribution is 6.74. The molecule has 0 saturated heterocycles. The minimum absolute atomic E-state index is 0.202. The van der Waals surface area contributed by atoms with E-state index in [-0.39, 0.29) is 23.3 Å². The Labute approximate surface area is 195 Å². The largest absolute Gasteiger partial charge is 0.406 e. The van der Waals surface area contributed by atoms with E-state index in [4.69, 9.17) is 8.85 Å². The molecule has 0 unspecified atom stereocenters. The fraction of sp³-hybridized carbons (Fsp3) is 0.739. The second-order valence-corrected chi connectivity index (χ2v) is 20.8. The van der Waals surface area contributed by atoms with Gasteiger partial charge in [-0.15, -0.1) is 0 Å². The van der Waals surface area contributed by atoms with E-state index in [1.54, 1.807) is 0 Å². The third-order valence-electron chi connectivity index (χ3n) is 6.72. The summed E-state index contributed by atoms with van der Waals surface area (Å²) in [5, 5.41) is -0.405. The van der Waals surface area contributed by atoms with Crippen molar-refractivity contribution in [3.63, 3.8) is 0 Å². The van der Waals surface area contributed by atoms with E-state index in [9.17, 15) is 26.3 Å². The van der Waals surface area contributed by atoms with Crippen LogP contribution in [-0.4, -0.2) is 47.6 Å². The number of halogens is 6. The maximum atomic E-state index is 14.3. The van der Waals surface area contributed by atoms with Gasteiger partial charge < -0.3 is 8.85 Å². The molecular weight excluding hydrogens is 478 g/mol. The zero-order chi connectivity index (χ0) is 26.3. The summed E-state index contributed by atoms with van der Waals surface area (Å²) >= 11 is 0. The monoisotopic (exact) mass is 512 g/mol. The maximum absolute atomic E-state index is 14.3. The molecular formula is C23H34F6O2Si2. The fourth-order valence-corrected chi connectivity index (χ4v) is 3.95. The van der Waals surface area contributed by atoms with Gasteiger partial charge in [0, 0.05) is 0 Å². The van der Waals surface area contributed by atoms with Crippen molar-refractivity contribution < 1.29 is 35.2 Å². The molecule has 0 radical (unpaired) electrons. The molecule has 10 heteroatoms. The molecule has 0 heterocycles. The van der Waals surface area contributed by atoms with E-state index in [2.05, 4.69) is 11.8 Å². The molecule has 0 spiro atoms. The van der Waals surface area contributed by atoms with Gasteiger partial charge in [0.05, 0.1) is 24.4 Å². The van der Waals surface area contributed by atoms with Crippen molar-refractivity contribution in [3.05, 3.63) is 11.1 Å². The van der Waals surface area contributed by atoms with Gasteiger partial charge in [-0.05, 0) is 36.3 Å². The summed E-state index contributed by atoms with van der Waals surface area (Å²) in [6.07, 6.45) is 0. The highest BCUT2D eigenvalue weighted by Crippen LogP contribution is 2.58. The molecule has 2 nitrogen and oxygen atoms in total. The van der Waals surface area contributed by atoms with E-state index in [0.29, 0.717) is 0 Å². The molecule has 1 rings (SSSR count). The number of hydrogen-bond donors (Lipinski definition) is 0. The van der Waals surface area contributed by atoms with Crippen LogP contribution in [-0.2, 0) is 8.85 Å². The lowest BCUT2D eigenvalue weighted by Crippen LogP contribution is -2.49. The first kappa shape index (κ1) is 29.8. The highest BCUT2D eigenvalue weighted by atomic mass is 28.4. The molecule has 0 fully saturated rings. The summed E-state index contributed by atoms with van der Waals surface area (Å²) < 4.78 is 96.7. The zero-order valence-electron chi connectivity index (χ0n) is 21.0. The van der Waals surface area contributed by atoms with Gasteiger partial charge in [-0.2, -0.15) is 26.3 Å². The van der Waals surface area contributed by atoms with Gasteiger partial charge in [-0.25, -0.2) is 0 Å². The lowest BCUT2D eigenvalue weighted by Gasteiger charge is -2.35.